The van der Waals surface area contributed by atoms with E-state index >= 15 is 0 Å². The van der Waals surface area contributed by atoms with E-state index in [-0.39, 0.29) is 11.6 Å². The Kier molecular flexibility index (Phi) is 5.21. The van der Waals surface area contributed by atoms with E-state index < -0.39 is 18.7 Å². The van der Waals surface area contributed by atoms with Crippen molar-refractivity contribution in [2.75, 3.05) is 0 Å². The third-order valence-electron chi connectivity index (χ3n) is 3.54. The molecule has 0 spiro atoms. The first-order valence-corrected chi connectivity index (χ1v) is 7.70. The van der Waals surface area contributed by atoms with Crippen LogP contribution in [0.25, 0.3) is 0 Å². The summed E-state index contributed by atoms with van der Waals surface area (Å²) in [6, 6.07) is 15.4. The standard InChI is InChI=1S/C18H15F2N3O3/c1-23-15(25-18(19)20)11-14(22-23)17(24)26-16(12-7-3-2-4-8-12)13-9-5-6-10-21-13/h2-11,16,18H,1H3/t16-/m0/s1. The summed E-state index contributed by atoms with van der Waals surface area (Å²) in [5.74, 6) is -1.01. The smallest absolute Gasteiger partial charge is 0.388 e. The van der Waals surface area contributed by atoms with Crippen LogP contribution in [0.2, 0.25) is 0 Å². The van der Waals surface area contributed by atoms with Crippen molar-refractivity contribution >= 4 is 5.97 Å². The Morgan fingerprint density at radius 3 is 2.50 bits per heavy atom. The zero-order valence-electron chi connectivity index (χ0n) is 13.8. The van der Waals surface area contributed by atoms with Gasteiger partial charge in [0.25, 0.3) is 0 Å². The molecule has 0 saturated carbocycles. The van der Waals surface area contributed by atoms with Gasteiger partial charge >= 0.3 is 12.6 Å². The van der Waals surface area contributed by atoms with E-state index in [9.17, 15) is 13.6 Å². The monoisotopic (exact) mass is 359 g/mol. The second-order valence-corrected chi connectivity index (χ2v) is 5.32. The van der Waals surface area contributed by atoms with Gasteiger partial charge in [-0.25, -0.2) is 9.48 Å². The van der Waals surface area contributed by atoms with Crippen LogP contribution < -0.4 is 4.74 Å². The molecule has 0 N–H and O–H groups in total. The zero-order chi connectivity index (χ0) is 18.5. The van der Waals surface area contributed by atoms with E-state index in [4.69, 9.17) is 4.74 Å². The highest BCUT2D eigenvalue weighted by Crippen LogP contribution is 2.26. The average molecular weight is 359 g/mol. The molecule has 6 nitrogen and oxygen atoms in total. The summed E-state index contributed by atoms with van der Waals surface area (Å²) in [5, 5.41) is 3.87. The number of hydrogen-bond acceptors (Lipinski definition) is 5. The van der Waals surface area contributed by atoms with Crippen molar-refractivity contribution in [3.8, 4) is 5.88 Å². The van der Waals surface area contributed by atoms with Gasteiger partial charge in [0.2, 0.25) is 5.88 Å². The van der Waals surface area contributed by atoms with Crippen molar-refractivity contribution < 1.29 is 23.0 Å². The van der Waals surface area contributed by atoms with Crippen LogP contribution in [0.4, 0.5) is 8.78 Å². The van der Waals surface area contributed by atoms with Gasteiger partial charge in [-0.1, -0.05) is 36.4 Å². The maximum absolute atomic E-state index is 12.5. The van der Waals surface area contributed by atoms with Crippen molar-refractivity contribution in [2.24, 2.45) is 7.05 Å². The van der Waals surface area contributed by atoms with E-state index in [1.807, 2.05) is 18.2 Å². The Labute approximate surface area is 148 Å². The Bertz CT molecular complexity index is 830. The first-order chi connectivity index (χ1) is 12.5. The number of carbonyl (C=O) groups excluding carboxylic acids is 1. The normalized spacial score (nSPS) is 12.0. The number of rotatable bonds is 6. The van der Waals surface area contributed by atoms with Crippen LogP contribution in [0.15, 0.2) is 60.8 Å². The molecule has 0 radical (unpaired) electrons. The summed E-state index contributed by atoms with van der Waals surface area (Å²) in [6.07, 6.45) is 0.834. The van der Waals surface area contributed by atoms with E-state index in [1.54, 1.807) is 36.5 Å². The molecule has 0 amide bonds. The molecular weight excluding hydrogens is 344 g/mol. The molecule has 0 saturated heterocycles. The number of aromatic nitrogens is 3. The predicted octanol–water partition coefficient (Wildman–Crippen LogP) is 3.36. The van der Waals surface area contributed by atoms with E-state index in [1.165, 1.54) is 7.05 Å². The number of ether oxygens (including phenoxy) is 2. The van der Waals surface area contributed by atoms with Crippen LogP contribution in [0.1, 0.15) is 27.8 Å². The molecule has 0 fully saturated rings. The number of nitrogens with zero attached hydrogens (tertiary/aromatic N) is 3. The van der Waals surface area contributed by atoms with Gasteiger partial charge in [-0.3, -0.25) is 4.98 Å². The number of alkyl halides is 2. The van der Waals surface area contributed by atoms with Crippen molar-refractivity contribution in [3.05, 3.63) is 77.7 Å². The highest BCUT2D eigenvalue weighted by molar-refractivity contribution is 5.88. The van der Waals surface area contributed by atoms with E-state index in [0.717, 1.165) is 16.3 Å². The minimum Gasteiger partial charge on any atom is -0.446 e. The van der Waals surface area contributed by atoms with E-state index in [0.29, 0.717) is 5.69 Å². The van der Waals surface area contributed by atoms with Crippen LogP contribution in [0, 0.1) is 0 Å². The second-order valence-electron chi connectivity index (χ2n) is 5.32. The minimum absolute atomic E-state index is 0.139. The molecular formula is C18H15F2N3O3. The van der Waals surface area contributed by atoms with Gasteiger partial charge in [-0.15, -0.1) is 0 Å². The van der Waals surface area contributed by atoms with Gasteiger partial charge < -0.3 is 9.47 Å². The SMILES string of the molecule is Cn1nc(C(=O)O[C@@H](c2ccccc2)c2ccccn2)cc1OC(F)F. The summed E-state index contributed by atoms with van der Waals surface area (Å²) >= 11 is 0. The molecule has 0 unspecified atom stereocenters. The molecule has 0 aliphatic rings. The second kappa shape index (κ2) is 7.73. The van der Waals surface area contributed by atoms with Crippen molar-refractivity contribution in [1.82, 2.24) is 14.8 Å². The number of esters is 1. The highest BCUT2D eigenvalue weighted by Gasteiger charge is 2.24. The molecule has 2 aromatic heterocycles. The largest absolute Gasteiger partial charge is 0.446 e. The summed E-state index contributed by atoms with van der Waals surface area (Å²) < 4.78 is 35.7. The number of carbonyl (C=O) groups is 1. The quantitative estimate of drug-likeness (QED) is 0.632. The van der Waals surface area contributed by atoms with Gasteiger partial charge in [0.15, 0.2) is 11.8 Å². The number of benzene rings is 1. The lowest BCUT2D eigenvalue weighted by Crippen LogP contribution is -2.14. The Morgan fingerprint density at radius 1 is 1.12 bits per heavy atom. The third kappa shape index (κ3) is 4.02. The topological polar surface area (TPSA) is 66.2 Å². The lowest BCUT2D eigenvalue weighted by atomic mass is 10.1. The molecule has 3 rings (SSSR count). The first-order valence-electron chi connectivity index (χ1n) is 7.70. The number of hydrogen-bond donors (Lipinski definition) is 0. The molecule has 0 aliphatic heterocycles. The van der Waals surface area contributed by atoms with Gasteiger partial charge in [0.1, 0.15) is 0 Å². The molecule has 1 aromatic carbocycles. The van der Waals surface area contributed by atoms with Gasteiger partial charge in [0.05, 0.1) is 5.69 Å². The maximum Gasteiger partial charge on any atom is 0.388 e. The van der Waals surface area contributed by atoms with Crippen LogP contribution in [0.5, 0.6) is 5.88 Å². The fourth-order valence-electron chi connectivity index (χ4n) is 2.38. The highest BCUT2D eigenvalue weighted by atomic mass is 19.3. The molecule has 8 heteroatoms. The Balaban J connectivity index is 1.86. The fourth-order valence-corrected chi connectivity index (χ4v) is 2.38. The minimum atomic E-state index is -3.01. The van der Waals surface area contributed by atoms with Crippen LogP contribution in [-0.4, -0.2) is 27.3 Å². The number of pyridine rings is 1. The lowest BCUT2D eigenvalue weighted by molar-refractivity contribution is -0.0553. The number of aryl methyl sites for hydroxylation is 1. The zero-order valence-corrected chi connectivity index (χ0v) is 13.8. The Hall–Kier alpha value is -3.29. The third-order valence-corrected chi connectivity index (χ3v) is 3.54. The molecule has 2 heterocycles. The summed E-state index contributed by atoms with van der Waals surface area (Å²) in [5.41, 5.74) is 1.12. The molecule has 0 aliphatic carbocycles. The predicted molar refractivity (Wildman–Crippen MR) is 87.8 cm³/mol. The first kappa shape index (κ1) is 17.5. The van der Waals surface area contributed by atoms with Crippen LogP contribution >= 0.6 is 0 Å². The van der Waals surface area contributed by atoms with Crippen LogP contribution in [-0.2, 0) is 11.8 Å². The van der Waals surface area contributed by atoms with Crippen molar-refractivity contribution in [1.29, 1.82) is 0 Å². The number of halogens is 2. The summed E-state index contributed by atoms with van der Waals surface area (Å²) in [6.45, 7) is -3.01. The summed E-state index contributed by atoms with van der Waals surface area (Å²) in [4.78, 5) is 16.7. The summed E-state index contributed by atoms with van der Waals surface area (Å²) in [7, 11) is 1.39. The lowest BCUT2D eigenvalue weighted by Gasteiger charge is -2.17. The van der Waals surface area contributed by atoms with Crippen LogP contribution in [0.3, 0.4) is 0 Å². The van der Waals surface area contributed by atoms with Crippen molar-refractivity contribution in [3.63, 3.8) is 0 Å². The fraction of sp³-hybridized carbons (Fsp3) is 0.167. The maximum atomic E-state index is 12.5. The molecule has 0 bridgehead atoms. The molecule has 134 valence electrons. The molecule has 26 heavy (non-hydrogen) atoms. The van der Waals surface area contributed by atoms with Gasteiger partial charge in [-0.05, 0) is 17.7 Å². The van der Waals surface area contributed by atoms with Gasteiger partial charge in [0, 0.05) is 19.3 Å². The van der Waals surface area contributed by atoms with Gasteiger partial charge in [-0.2, -0.15) is 13.9 Å². The Morgan fingerprint density at radius 2 is 1.85 bits per heavy atom. The van der Waals surface area contributed by atoms with Crippen molar-refractivity contribution in [2.45, 2.75) is 12.7 Å². The molecule has 3 aromatic rings. The van der Waals surface area contributed by atoms with E-state index in [2.05, 4.69) is 14.8 Å². The molecule has 1 atom stereocenters. The average Bonchev–Trinajstić information content (AvgIpc) is 3.01.